The molecule has 3 N–H and O–H groups in total. The fourth-order valence-electron chi connectivity index (χ4n) is 0.911. The van der Waals surface area contributed by atoms with E-state index in [1.807, 2.05) is 6.07 Å². The Morgan fingerprint density at radius 1 is 1.79 bits per heavy atom. The lowest BCUT2D eigenvalue weighted by Crippen LogP contribution is -2.32. The highest BCUT2D eigenvalue weighted by Gasteiger charge is 2.10. The summed E-state index contributed by atoms with van der Waals surface area (Å²) < 4.78 is 0. The SMILES string of the molecule is CC(Nc1cnccc1C#N)C(N)=O. The number of primary amides is 1. The van der Waals surface area contributed by atoms with E-state index in [4.69, 9.17) is 11.0 Å². The number of hydrogen-bond donors (Lipinski definition) is 2. The van der Waals surface area contributed by atoms with Gasteiger partial charge in [-0.25, -0.2) is 0 Å². The smallest absolute Gasteiger partial charge is 0.239 e. The van der Waals surface area contributed by atoms with Gasteiger partial charge in [-0.2, -0.15) is 5.26 Å². The maximum Gasteiger partial charge on any atom is 0.239 e. The Hall–Kier alpha value is -2.09. The van der Waals surface area contributed by atoms with Crippen LogP contribution in [-0.4, -0.2) is 16.9 Å². The summed E-state index contributed by atoms with van der Waals surface area (Å²) in [6, 6.07) is 3.03. The molecular weight excluding hydrogens is 180 g/mol. The second kappa shape index (κ2) is 4.23. The van der Waals surface area contributed by atoms with E-state index in [2.05, 4.69) is 10.3 Å². The molecule has 1 aromatic rings. The number of pyridine rings is 1. The van der Waals surface area contributed by atoms with E-state index in [9.17, 15) is 4.79 Å². The molecule has 0 fully saturated rings. The third kappa shape index (κ3) is 2.20. The molecule has 0 saturated heterocycles. The molecule has 0 spiro atoms. The number of carbonyl (C=O) groups is 1. The molecule has 14 heavy (non-hydrogen) atoms. The molecule has 0 bridgehead atoms. The van der Waals surface area contributed by atoms with E-state index in [1.54, 1.807) is 13.0 Å². The molecule has 1 rings (SSSR count). The highest BCUT2D eigenvalue weighted by Crippen LogP contribution is 2.12. The molecule has 1 heterocycles. The first-order chi connectivity index (χ1) is 6.65. The summed E-state index contributed by atoms with van der Waals surface area (Å²) in [5.74, 6) is -0.474. The summed E-state index contributed by atoms with van der Waals surface area (Å²) in [6.07, 6.45) is 3.00. The maximum atomic E-state index is 10.8. The van der Waals surface area contributed by atoms with Crippen LogP contribution in [0.4, 0.5) is 5.69 Å². The fraction of sp³-hybridized carbons (Fsp3) is 0.222. The quantitative estimate of drug-likeness (QED) is 0.714. The van der Waals surface area contributed by atoms with E-state index in [0.717, 1.165) is 0 Å². The molecule has 1 aromatic heterocycles. The van der Waals surface area contributed by atoms with Crippen molar-refractivity contribution in [2.75, 3.05) is 5.32 Å². The van der Waals surface area contributed by atoms with Gasteiger partial charge >= 0.3 is 0 Å². The van der Waals surface area contributed by atoms with Crippen molar-refractivity contribution >= 4 is 11.6 Å². The predicted molar refractivity (Wildman–Crippen MR) is 51.2 cm³/mol. The molecule has 0 aliphatic carbocycles. The molecule has 1 atom stereocenters. The summed E-state index contributed by atoms with van der Waals surface area (Å²) in [4.78, 5) is 14.6. The Morgan fingerprint density at radius 2 is 2.50 bits per heavy atom. The summed E-state index contributed by atoms with van der Waals surface area (Å²) in [5, 5.41) is 11.5. The highest BCUT2D eigenvalue weighted by atomic mass is 16.1. The number of anilines is 1. The molecule has 1 amide bonds. The van der Waals surface area contributed by atoms with E-state index in [1.165, 1.54) is 12.4 Å². The first-order valence-corrected chi connectivity index (χ1v) is 4.05. The van der Waals surface area contributed by atoms with Crippen molar-refractivity contribution in [2.24, 2.45) is 5.73 Å². The number of nitriles is 1. The number of nitrogens with zero attached hydrogens (tertiary/aromatic N) is 2. The van der Waals surface area contributed by atoms with Gasteiger partial charge in [-0.3, -0.25) is 9.78 Å². The molecule has 0 aliphatic rings. The van der Waals surface area contributed by atoms with Crippen LogP contribution in [-0.2, 0) is 4.79 Å². The lowest BCUT2D eigenvalue weighted by molar-refractivity contribution is -0.118. The highest BCUT2D eigenvalue weighted by molar-refractivity contribution is 5.82. The van der Waals surface area contributed by atoms with Gasteiger partial charge in [0.25, 0.3) is 0 Å². The maximum absolute atomic E-state index is 10.8. The Bertz CT molecular complexity index is 383. The molecule has 5 heteroatoms. The van der Waals surface area contributed by atoms with Gasteiger partial charge in [0.05, 0.1) is 17.4 Å². The zero-order chi connectivity index (χ0) is 10.6. The van der Waals surface area contributed by atoms with E-state index < -0.39 is 11.9 Å². The van der Waals surface area contributed by atoms with Gasteiger partial charge in [0.15, 0.2) is 0 Å². The van der Waals surface area contributed by atoms with Gasteiger partial charge in [0.1, 0.15) is 12.1 Å². The number of rotatable bonds is 3. The van der Waals surface area contributed by atoms with Crippen molar-refractivity contribution in [1.82, 2.24) is 4.98 Å². The molecule has 0 radical (unpaired) electrons. The van der Waals surface area contributed by atoms with Crippen LogP contribution in [0.3, 0.4) is 0 Å². The largest absolute Gasteiger partial charge is 0.372 e. The Labute approximate surface area is 81.6 Å². The van der Waals surface area contributed by atoms with Gasteiger partial charge in [-0.15, -0.1) is 0 Å². The number of amides is 1. The van der Waals surface area contributed by atoms with Crippen molar-refractivity contribution in [2.45, 2.75) is 13.0 Å². The lowest BCUT2D eigenvalue weighted by atomic mass is 10.2. The van der Waals surface area contributed by atoms with E-state index >= 15 is 0 Å². The minimum absolute atomic E-state index is 0.438. The van der Waals surface area contributed by atoms with Gasteiger partial charge in [-0.1, -0.05) is 0 Å². The molecule has 0 saturated carbocycles. The van der Waals surface area contributed by atoms with Crippen LogP contribution in [0.25, 0.3) is 0 Å². The van der Waals surface area contributed by atoms with Crippen LogP contribution in [0.2, 0.25) is 0 Å². The standard InChI is InChI=1S/C9H10N4O/c1-6(9(11)14)13-8-5-12-3-2-7(8)4-10/h2-3,5-6,13H,1H3,(H2,11,14). The van der Waals surface area contributed by atoms with Crippen LogP contribution in [0.5, 0.6) is 0 Å². The topological polar surface area (TPSA) is 91.8 Å². The molecular formula is C9H10N4O. The average molecular weight is 190 g/mol. The normalized spacial score (nSPS) is 11.4. The summed E-state index contributed by atoms with van der Waals surface area (Å²) >= 11 is 0. The molecule has 5 nitrogen and oxygen atoms in total. The Morgan fingerprint density at radius 3 is 3.07 bits per heavy atom. The Balaban J connectivity index is 2.87. The van der Waals surface area contributed by atoms with Crippen LogP contribution in [0, 0.1) is 11.3 Å². The first-order valence-electron chi connectivity index (χ1n) is 4.05. The van der Waals surface area contributed by atoms with Crippen LogP contribution >= 0.6 is 0 Å². The minimum atomic E-state index is -0.522. The third-order valence-corrected chi connectivity index (χ3v) is 1.74. The zero-order valence-corrected chi connectivity index (χ0v) is 7.69. The van der Waals surface area contributed by atoms with Crippen molar-refractivity contribution in [3.05, 3.63) is 24.0 Å². The lowest BCUT2D eigenvalue weighted by Gasteiger charge is -2.11. The molecule has 72 valence electrons. The number of hydrogen-bond acceptors (Lipinski definition) is 4. The monoisotopic (exact) mass is 190 g/mol. The van der Waals surface area contributed by atoms with Gasteiger partial charge in [-0.05, 0) is 13.0 Å². The zero-order valence-electron chi connectivity index (χ0n) is 7.69. The predicted octanol–water partition coefficient (Wildman–Crippen LogP) is 0.239. The first kappa shape index (κ1) is 9.99. The number of nitrogens with one attached hydrogen (secondary N) is 1. The van der Waals surface area contributed by atoms with Crippen LogP contribution < -0.4 is 11.1 Å². The average Bonchev–Trinajstić information content (AvgIpc) is 2.18. The Kier molecular flexibility index (Phi) is 3.02. The van der Waals surface area contributed by atoms with Crippen molar-refractivity contribution in [3.8, 4) is 6.07 Å². The van der Waals surface area contributed by atoms with Crippen molar-refractivity contribution in [3.63, 3.8) is 0 Å². The number of aromatic nitrogens is 1. The summed E-state index contributed by atoms with van der Waals surface area (Å²) in [7, 11) is 0. The van der Waals surface area contributed by atoms with E-state index in [0.29, 0.717) is 11.3 Å². The second-order valence-corrected chi connectivity index (χ2v) is 2.80. The molecule has 1 unspecified atom stereocenters. The van der Waals surface area contributed by atoms with Crippen LogP contribution in [0.15, 0.2) is 18.5 Å². The van der Waals surface area contributed by atoms with Gasteiger partial charge < -0.3 is 11.1 Å². The number of nitrogens with two attached hydrogens (primary N) is 1. The minimum Gasteiger partial charge on any atom is -0.372 e. The van der Waals surface area contributed by atoms with E-state index in [-0.39, 0.29) is 0 Å². The van der Waals surface area contributed by atoms with Crippen molar-refractivity contribution < 1.29 is 4.79 Å². The molecule has 0 aliphatic heterocycles. The second-order valence-electron chi connectivity index (χ2n) is 2.80. The van der Waals surface area contributed by atoms with Crippen LogP contribution in [0.1, 0.15) is 12.5 Å². The van der Waals surface area contributed by atoms with Gasteiger partial charge in [0, 0.05) is 6.20 Å². The fourth-order valence-corrected chi connectivity index (χ4v) is 0.911. The van der Waals surface area contributed by atoms with Gasteiger partial charge in [0.2, 0.25) is 5.91 Å². The van der Waals surface area contributed by atoms with Crippen molar-refractivity contribution in [1.29, 1.82) is 5.26 Å². The third-order valence-electron chi connectivity index (χ3n) is 1.74. The molecule has 0 aromatic carbocycles. The summed E-state index contributed by atoms with van der Waals surface area (Å²) in [6.45, 7) is 1.62. The summed E-state index contributed by atoms with van der Waals surface area (Å²) in [5.41, 5.74) is 6.02. The number of carbonyl (C=O) groups excluding carboxylic acids is 1.